The molecule has 1 heterocycles. The van der Waals surface area contributed by atoms with Gasteiger partial charge in [0.25, 0.3) is 0 Å². The van der Waals surface area contributed by atoms with Crippen LogP contribution in [0.15, 0.2) is 18.2 Å². The third-order valence-corrected chi connectivity index (χ3v) is 2.60. The van der Waals surface area contributed by atoms with Gasteiger partial charge in [-0.3, -0.25) is 4.79 Å². The average molecular weight is 222 g/mol. The van der Waals surface area contributed by atoms with Crippen molar-refractivity contribution in [3.05, 3.63) is 23.8 Å². The van der Waals surface area contributed by atoms with Crippen LogP contribution in [0.5, 0.6) is 11.5 Å². The fraction of sp³-hybridized carbons (Fsp3) is 0.417. The molecule has 0 spiro atoms. The van der Waals surface area contributed by atoms with E-state index < -0.39 is 11.9 Å². The predicted molar refractivity (Wildman–Crippen MR) is 57.9 cm³/mol. The Bertz CT molecular complexity index is 400. The van der Waals surface area contributed by atoms with Crippen molar-refractivity contribution >= 4 is 5.97 Å². The lowest BCUT2D eigenvalue weighted by atomic mass is 9.96. The van der Waals surface area contributed by atoms with E-state index in [2.05, 4.69) is 0 Å². The molecule has 0 fully saturated rings. The summed E-state index contributed by atoms with van der Waals surface area (Å²) < 4.78 is 10.9. The van der Waals surface area contributed by atoms with Crippen LogP contribution in [0.2, 0.25) is 0 Å². The minimum atomic E-state index is -0.813. The van der Waals surface area contributed by atoms with E-state index in [1.807, 2.05) is 25.1 Å². The minimum Gasteiger partial charge on any atom is -0.490 e. The molecule has 86 valence electrons. The lowest BCUT2D eigenvalue weighted by Crippen LogP contribution is -2.28. The zero-order valence-electron chi connectivity index (χ0n) is 9.10. The third-order valence-electron chi connectivity index (χ3n) is 2.60. The molecule has 4 heteroatoms. The highest BCUT2D eigenvalue weighted by Gasteiger charge is 2.27. The zero-order valence-corrected chi connectivity index (χ0v) is 9.10. The van der Waals surface area contributed by atoms with Crippen molar-refractivity contribution < 1.29 is 19.4 Å². The SMILES string of the molecule is CCOc1cccc2c1OC[C@@H](C(=O)O)C2. The van der Waals surface area contributed by atoms with Crippen LogP contribution in [0.4, 0.5) is 0 Å². The Morgan fingerprint density at radius 3 is 3.12 bits per heavy atom. The smallest absolute Gasteiger partial charge is 0.310 e. The maximum atomic E-state index is 10.9. The molecule has 0 unspecified atom stereocenters. The average Bonchev–Trinajstić information content (AvgIpc) is 2.29. The molecule has 0 radical (unpaired) electrons. The van der Waals surface area contributed by atoms with Gasteiger partial charge in [-0.05, 0) is 25.0 Å². The molecular weight excluding hydrogens is 208 g/mol. The van der Waals surface area contributed by atoms with E-state index in [9.17, 15) is 4.79 Å². The van der Waals surface area contributed by atoms with E-state index in [1.54, 1.807) is 0 Å². The summed E-state index contributed by atoms with van der Waals surface area (Å²) in [4.78, 5) is 10.9. The van der Waals surface area contributed by atoms with Crippen molar-refractivity contribution in [2.24, 2.45) is 5.92 Å². The molecular formula is C12H14O4. The maximum absolute atomic E-state index is 10.9. The molecule has 1 aliphatic heterocycles. The van der Waals surface area contributed by atoms with Gasteiger partial charge in [-0.2, -0.15) is 0 Å². The maximum Gasteiger partial charge on any atom is 0.310 e. The number of carboxylic acid groups (broad SMARTS) is 1. The van der Waals surface area contributed by atoms with E-state index in [1.165, 1.54) is 0 Å². The van der Waals surface area contributed by atoms with E-state index >= 15 is 0 Å². The van der Waals surface area contributed by atoms with Crippen LogP contribution in [0, 0.1) is 5.92 Å². The summed E-state index contributed by atoms with van der Waals surface area (Å²) in [7, 11) is 0. The van der Waals surface area contributed by atoms with Gasteiger partial charge in [-0.1, -0.05) is 12.1 Å². The Morgan fingerprint density at radius 2 is 2.44 bits per heavy atom. The molecule has 4 nitrogen and oxygen atoms in total. The number of carboxylic acids is 1. The summed E-state index contributed by atoms with van der Waals surface area (Å²) in [5.41, 5.74) is 0.907. The van der Waals surface area contributed by atoms with Crippen molar-refractivity contribution in [2.75, 3.05) is 13.2 Å². The van der Waals surface area contributed by atoms with E-state index in [4.69, 9.17) is 14.6 Å². The Labute approximate surface area is 93.8 Å². The molecule has 1 aromatic rings. The number of ether oxygens (including phenoxy) is 2. The first-order valence-corrected chi connectivity index (χ1v) is 5.32. The molecule has 0 bridgehead atoms. The molecule has 0 saturated carbocycles. The van der Waals surface area contributed by atoms with Crippen LogP contribution in [-0.4, -0.2) is 24.3 Å². The van der Waals surface area contributed by atoms with E-state index in [0.717, 1.165) is 5.56 Å². The van der Waals surface area contributed by atoms with Crippen LogP contribution in [0.25, 0.3) is 0 Å². The molecule has 1 N–H and O–H groups in total. The van der Waals surface area contributed by atoms with Gasteiger partial charge in [0.15, 0.2) is 11.5 Å². The van der Waals surface area contributed by atoms with Crippen LogP contribution in [0.3, 0.4) is 0 Å². The second-order valence-electron chi connectivity index (χ2n) is 3.73. The number of hydrogen-bond donors (Lipinski definition) is 1. The van der Waals surface area contributed by atoms with Gasteiger partial charge in [-0.25, -0.2) is 0 Å². The number of hydrogen-bond acceptors (Lipinski definition) is 3. The molecule has 16 heavy (non-hydrogen) atoms. The fourth-order valence-corrected chi connectivity index (χ4v) is 1.82. The molecule has 1 aromatic carbocycles. The highest BCUT2D eigenvalue weighted by molar-refractivity contribution is 5.71. The standard InChI is InChI=1S/C12H14O4/c1-2-15-10-5-3-4-8-6-9(12(13)14)7-16-11(8)10/h3-5,9H,2,6-7H2,1H3,(H,13,14)/t9-/m0/s1. The van der Waals surface area contributed by atoms with Crippen molar-refractivity contribution in [3.63, 3.8) is 0 Å². The lowest BCUT2D eigenvalue weighted by Gasteiger charge is -2.24. The summed E-state index contributed by atoms with van der Waals surface area (Å²) in [5.74, 6) is 0.127. The van der Waals surface area contributed by atoms with Gasteiger partial charge < -0.3 is 14.6 Å². The summed E-state index contributed by atoms with van der Waals surface area (Å²) >= 11 is 0. The van der Waals surface area contributed by atoms with Crippen LogP contribution < -0.4 is 9.47 Å². The second kappa shape index (κ2) is 4.43. The topological polar surface area (TPSA) is 55.8 Å². The Hall–Kier alpha value is -1.71. The number of carbonyl (C=O) groups is 1. The molecule has 0 saturated heterocycles. The highest BCUT2D eigenvalue weighted by Crippen LogP contribution is 2.36. The number of aliphatic carboxylic acids is 1. The van der Waals surface area contributed by atoms with Crippen LogP contribution in [-0.2, 0) is 11.2 Å². The van der Waals surface area contributed by atoms with Gasteiger partial charge in [-0.15, -0.1) is 0 Å². The fourth-order valence-electron chi connectivity index (χ4n) is 1.82. The van der Waals surface area contributed by atoms with Gasteiger partial charge in [0.05, 0.1) is 12.5 Å². The molecule has 1 aliphatic rings. The molecule has 1 atom stereocenters. The monoisotopic (exact) mass is 222 g/mol. The summed E-state index contributed by atoms with van der Waals surface area (Å²) in [6, 6.07) is 5.58. The molecule has 0 amide bonds. The van der Waals surface area contributed by atoms with E-state index in [0.29, 0.717) is 24.5 Å². The second-order valence-corrected chi connectivity index (χ2v) is 3.73. The lowest BCUT2D eigenvalue weighted by molar-refractivity contribution is -0.143. The first-order valence-electron chi connectivity index (χ1n) is 5.32. The number of fused-ring (bicyclic) bond motifs is 1. The van der Waals surface area contributed by atoms with Gasteiger partial charge in [0.2, 0.25) is 0 Å². The van der Waals surface area contributed by atoms with Gasteiger partial charge >= 0.3 is 5.97 Å². The van der Waals surface area contributed by atoms with Crippen LogP contribution in [0.1, 0.15) is 12.5 Å². The predicted octanol–water partition coefficient (Wildman–Crippen LogP) is 1.72. The number of benzene rings is 1. The first-order chi connectivity index (χ1) is 7.72. The summed E-state index contributed by atoms with van der Waals surface area (Å²) in [5, 5.41) is 8.93. The van der Waals surface area contributed by atoms with Crippen molar-refractivity contribution in [1.82, 2.24) is 0 Å². The van der Waals surface area contributed by atoms with E-state index in [-0.39, 0.29) is 6.61 Å². The Balaban J connectivity index is 2.26. The minimum absolute atomic E-state index is 0.215. The highest BCUT2D eigenvalue weighted by atomic mass is 16.5. The number of rotatable bonds is 3. The molecule has 2 rings (SSSR count). The van der Waals surface area contributed by atoms with Crippen LogP contribution >= 0.6 is 0 Å². The third kappa shape index (κ3) is 1.96. The number of para-hydroxylation sites is 1. The first kappa shape index (κ1) is 10.8. The van der Waals surface area contributed by atoms with Crippen molar-refractivity contribution in [2.45, 2.75) is 13.3 Å². The van der Waals surface area contributed by atoms with Gasteiger partial charge in [0.1, 0.15) is 6.61 Å². The van der Waals surface area contributed by atoms with Crippen molar-refractivity contribution in [3.8, 4) is 11.5 Å². The molecule has 0 aromatic heterocycles. The molecule has 0 aliphatic carbocycles. The Kier molecular flexibility index (Phi) is 2.99. The normalized spacial score (nSPS) is 18.4. The summed E-state index contributed by atoms with van der Waals surface area (Å²) in [6.07, 6.45) is 0.506. The largest absolute Gasteiger partial charge is 0.490 e. The summed E-state index contributed by atoms with van der Waals surface area (Å²) in [6.45, 7) is 2.69. The van der Waals surface area contributed by atoms with Gasteiger partial charge in [0, 0.05) is 0 Å². The zero-order chi connectivity index (χ0) is 11.5. The Morgan fingerprint density at radius 1 is 1.62 bits per heavy atom. The quantitative estimate of drug-likeness (QED) is 0.846. The van der Waals surface area contributed by atoms with Crippen molar-refractivity contribution in [1.29, 1.82) is 0 Å².